The second-order valence-electron chi connectivity index (χ2n) is 9.86. The van der Waals surface area contributed by atoms with Crippen LogP contribution in [0.15, 0.2) is 71.0 Å². The molecule has 6 heterocycles. The number of H-pyrrole nitrogens is 1. The van der Waals surface area contributed by atoms with Crippen LogP contribution in [-0.4, -0.2) is 43.6 Å². The van der Waals surface area contributed by atoms with E-state index in [9.17, 15) is 0 Å². The van der Waals surface area contributed by atoms with Gasteiger partial charge in [0.1, 0.15) is 11.5 Å². The molecule has 0 bridgehead atoms. The van der Waals surface area contributed by atoms with Gasteiger partial charge in [-0.2, -0.15) is 5.10 Å². The summed E-state index contributed by atoms with van der Waals surface area (Å²) in [5.74, 6) is 0.281. The predicted octanol–water partition coefficient (Wildman–Crippen LogP) is 5.26. The van der Waals surface area contributed by atoms with Gasteiger partial charge in [-0.1, -0.05) is 6.42 Å². The third kappa shape index (κ3) is 4.14. The molecule has 0 unspecified atom stereocenters. The summed E-state index contributed by atoms with van der Waals surface area (Å²) < 4.78 is 20.7. The summed E-state index contributed by atoms with van der Waals surface area (Å²) >= 11 is 0. The number of hydrazone groups is 1. The molecule has 4 aromatic heterocycles. The summed E-state index contributed by atoms with van der Waals surface area (Å²) in [4.78, 5) is 19.5. The number of rotatable bonds is 5. The number of piperidine rings is 1. The lowest BCUT2D eigenvalue weighted by Gasteiger charge is -2.26. The van der Waals surface area contributed by atoms with Crippen molar-refractivity contribution in [2.75, 3.05) is 13.1 Å². The molecule has 0 aliphatic carbocycles. The zero-order valence-corrected chi connectivity index (χ0v) is 20.7. The summed E-state index contributed by atoms with van der Waals surface area (Å²) in [6.07, 6.45) is 12.4. The first-order valence-electron chi connectivity index (χ1n) is 12.9. The van der Waals surface area contributed by atoms with Crippen molar-refractivity contribution in [3.8, 4) is 22.3 Å². The summed E-state index contributed by atoms with van der Waals surface area (Å²) in [6.45, 7) is 3.45. The van der Waals surface area contributed by atoms with Gasteiger partial charge in [-0.25, -0.2) is 14.4 Å². The summed E-state index contributed by atoms with van der Waals surface area (Å²) in [5.41, 5.74) is 10.8. The standard InChI is InChI=1S/C29H26FN7O/c30-25-11-21-15-33-36-27(29-34-26-22(19-5-9-38-17-19)4-6-32-28(26)35-29)24(21)12-23(25)20-10-18(13-31-14-20)16-37-7-2-1-3-8-37/h4-6,9-14,17,33H,1-3,7-8,15-16H2,(H,32,34,35). The van der Waals surface area contributed by atoms with Gasteiger partial charge in [-0.05, 0) is 67.4 Å². The number of aromatic amines is 1. The van der Waals surface area contributed by atoms with Crippen molar-refractivity contribution in [1.29, 1.82) is 0 Å². The number of hydrogen-bond donors (Lipinski definition) is 2. The zero-order chi connectivity index (χ0) is 25.5. The normalized spacial score (nSPS) is 15.8. The van der Waals surface area contributed by atoms with E-state index in [0.29, 0.717) is 29.3 Å². The highest BCUT2D eigenvalue weighted by atomic mass is 19.1. The van der Waals surface area contributed by atoms with E-state index in [-0.39, 0.29) is 5.82 Å². The molecule has 0 amide bonds. The van der Waals surface area contributed by atoms with E-state index in [1.165, 1.54) is 19.3 Å². The number of likely N-dealkylation sites (tertiary alicyclic amines) is 1. The van der Waals surface area contributed by atoms with Gasteiger partial charge in [-0.3, -0.25) is 9.88 Å². The van der Waals surface area contributed by atoms with E-state index in [1.54, 1.807) is 31.0 Å². The molecular weight excluding hydrogens is 481 g/mol. The highest BCUT2D eigenvalue weighted by Gasteiger charge is 2.23. The van der Waals surface area contributed by atoms with Gasteiger partial charge in [0.15, 0.2) is 11.5 Å². The van der Waals surface area contributed by atoms with Gasteiger partial charge in [0.2, 0.25) is 0 Å². The smallest absolute Gasteiger partial charge is 0.178 e. The molecule has 190 valence electrons. The first kappa shape index (κ1) is 22.8. The van der Waals surface area contributed by atoms with Gasteiger partial charge in [0.05, 0.1) is 24.6 Å². The fourth-order valence-electron chi connectivity index (χ4n) is 5.43. The maximum atomic E-state index is 15.4. The SMILES string of the molecule is Fc1cc2c(cc1-c1cncc(CN3CCCCC3)c1)C(c1nc3nccc(-c4ccoc4)c3[nH]1)=NNC2. The second-order valence-corrected chi connectivity index (χ2v) is 9.86. The van der Waals surface area contributed by atoms with Crippen LogP contribution in [-0.2, 0) is 13.1 Å². The Balaban J connectivity index is 1.27. The van der Waals surface area contributed by atoms with Crippen LogP contribution in [0.1, 0.15) is 41.8 Å². The average Bonchev–Trinajstić information content (AvgIpc) is 3.63. The molecule has 0 radical (unpaired) electrons. The molecule has 7 rings (SSSR count). The zero-order valence-electron chi connectivity index (χ0n) is 20.7. The Morgan fingerprint density at radius 2 is 1.89 bits per heavy atom. The molecule has 2 aliphatic rings. The molecule has 1 aromatic carbocycles. The van der Waals surface area contributed by atoms with Crippen LogP contribution in [0.4, 0.5) is 4.39 Å². The first-order chi connectivity index (χ1) is 18.7. The molecule has 1 fully saturated rings. The summed E-state index contributed by atoms with van der Waals surface area (Å²) in [7, 11) is 0. The number of furan rings is 1. The molecule has 38 heavy (non-hydrogen) atoms. The van der Waals surface area contributed by atoms with Gasteiger partial charge in [-0.15, -0.1) is 0 Å². The fraction of sp³-hybridized carbons (Fsp3) is 0.241. The minimum Gasteiger partial charge on any atom is -0.472 e. The Morgan fingerprint density at radius 3 is 2.76 bits per heavy atom. The van der Waals surface area contributed by atoms with Gasteiger partial charge < -0.3 is 14.8 Å². The lowest BCUT2D eigenvalue weighted by Crippen LogP contribution is -2.29. The Morgan fingerprint density at radius 1 is 0.974 bits per heavy atom. The second kappa shape index (κ2) is 9.50. The summed E-state index contributed by atoms with van der Waals surface area (Å²) in [6, 6.07) is 9.31. The van der Waals surface area contributed by atoms with Crippen molar-refractivity contribution >= 4 is 16.9 Å². The van der Waals surface area contributed by atoms with Crippen LogP contribution in [0.5, 0.6) is 0 Å². The van der Waals surface area contributed by atoms with E-state index < -0.39 is 0 Å². The highest BCUT2D eigenvalue weighted by Crippen LogP contribution is 2.31. The van der Waals surface area contributed by atoms with E-state index >= 15 is 4.39 Å². The monoisotopic (exact) mass is 507 g/mol. The van der Waals surface area contributed by atoms with Crippen LogP contribution in [0.2, 0.25) is 0 Å². The fourth-order valence-corrected chi connectivity index (χ4v) is 5.43. The number of hydrogen-bond acceptors (Lipinski definition) is 7. The molecule has 9 heteroatoms. The molecule has 5 aromatic rings. The van der Waals surface area contributed by atoms with Crippen LogP contribution in [0.3, 0.4) is 0 Å². The molecule has 0 spiro atoms. The van der Waals surface area contributed by atoms with Crippen molar-refractivity contribution in [2.45, 2.75) is 32.4 Å². The van der Waals surface area contributed by atoms with Gasteiger partial charge in [0, 0.05) is 53.0 Å². The molecule has 1 saturated heterocycles. The number of halogens is 1. The number of benzene rings is 1. The average molecular weight is 508 g/mol. The molecule has 2 aliphatic heterocycles. The maximum Gasteiger partial charge on any atom is 0.178 e. The van der Waals surface area contributed by atoms with Crippen LogP contribution >= 0.6 is 0 Å². The predicted molar refractivity (Wildman–Crippen MR) is 143 cm³/mol. The minimum absolute atomic E-state index is 0.280. The topological polar surface area (TPSA) is 95.2 Å². The third-order valence-electron chi connectivity index (χ3n) is 7.32. The first-order valence-corrected chi connectivity index (χ1v) is 12.9. The molecule has 2 N–H and O–H groups in total. The number of fused-ring (bicyclic) bond motifs is 2. The Hall–Kier alpha value is -4.37. The Kier molecular flexibility index (Phi) is 5.70. The molecule has 0 atom stereocenters. The Bertz CT molecular complexity index is 1650. The molecule has 8 nitrogen and oxygen atoms in total. The van der Waals surface area contributed by atoms with Crippen LogP contribution in [0.25, 0.3) is 33.4 Å². The Labute approximate surface area is 218 Å². The number of aromatic nitrogens is 4. The van der Waals surface area contributed by atoms with Crippen molar-refractivity contribution in [3.05, 3.63) is 89.8 Å². The van der Waals surface area contributed by atoms with E-state index in [2.05, 4.69) is 30.4 Å². The number of nitrogens with one attached hydrogen (secondary N) is 2. The maximum absolute atomic E-state index is 15.4. The van der Waals surface area contributed by atoms with Crippen molar-refractivity contribution in [3.63, 3.8) is 0 Å². The number of imidazole rings is 1. The third-order valence-corrected chi connectivity index (χ3v) is 7.32. The number of nitrogens with zero attached hydrogens (tertiary/aromatic N) is 5. The van der Waals surface area contributed by atoms with Crippen molar-refractivity contribution in [1.82, 2.24) is 30.3 Å². The molecular formula is C29H26FN7O. The van der Waals surface area contributed by atoms with Crippen LogP contribution in [0, 0.1) is 5.82 Å². The van der Waals surface area contributed by atoms with E-state index in [0.717, 1.165) is 58.5 Å². The van der Waals surface area contributed by atoms with Gasteiger partial charge in [0.25, 0.3) is 0 Å². The van der Waals surface area contributed by atoms with Crippen molar-refractivity contribution < 1.29 is 8.81 Å². The lowest BCUT2D eigenvalue weighted by molar-refractivity contribution is 0.220. The highest BCUT2D eigenvalue weighted by molar-refractivity contribution is 6.13. The van der Waals surface area contributed by atoms with Gasteiger partial charge >= 0.3 is 0 Å². The lowest BCUT2D eigenvalue weighted by atomic mass is 9.94. The number of pyridine rings is 2. The van der Waals surface area contributed by atoms with E-state index in [4.69, 9.17) is 9.40 Å². The van der Waals surface area contributed by atoms with E-state index in [1.807, 2.05) is 30.5 Å². The van der Waals surface area contributed by atoms with Crippen LogP contribution < -0.4 is 5.43 Å². The minimum atomic E-state index is -0.280. The quantitative estimate of drug-likeness (QED) is 0.337. The molecule has 0 saturated carbocycles. The largest absolute Gasteiger partial charge is 0.472 e. The summed E-state index contributed by atoms with van der Waals surface area (Å²) in [5, 5.41) is 4.57. The van der Waals surface area contributed by atoms with Crippen molar-refractivity contribution in [2.24, 2.45) is 5.10 Å².